The summed E-state index contributed by atoms with van der Waals surface area (Å²) in [4.78, 5) is 20.6. The second-order valence-corrected chi connectivity index (χ2v) is 10.1. The molecule has 0 aromatic heterocycles. The Bertz CT molecular complexity index is 1670. The molecule has 2 unspecified atom stereocenters. The fraction of sp³-hybridized carbons (Fsp3) is 0.152. The number of hydrogen-bond donors (Lipinski definition) is 0. The number of aryl methyl sites for hydroxylation is 3. The molecule has 178 valence electrons. The topological polar surface area (TPSA) is 49.4 Å². The van der Waals surface area contributed by atoms with Crippen LogP contribution in [0.2, 0.25) is 0 Å². The predicted octanol–water partition coefficient (Wildman–Crippen LogP) is 6.58. The van der Waals surface area contributed by atoms with E-state index in [1.54, 1.807) is 0 Å². The van der Waals surface area contributed by atoms with Gasteiger partial charge in [0.05, 0.1) is 17.3 Å². The molecular weight excluding hydrogens is 452 g/mol. The molecule has 3 heterocycles. The first-order chi connectivity index (χ1) is 18.0. The van der Waals surface area contributed by atoms with Gasteiger partial charge in [0.1, 0.15) is 5.84 Å². The SMILES string of the molecule is Cc1ccc(C2=NC3N=C(c4ccc(C)cc4)c4cccc5c4C3C(=N2)N=C5c2ccc(C)cc2)cc1. The molecule has 3 aliphatic heterocycles. The van der Waals surface area contributed by atoms with E-state index >= 15 is 0 Å². The highest BCUT2D eigenvalue weighted by atomic mass is 15.1. The number of aliphatic imine (C=N–C) groups is 4. The van der Waals surface area contributed by atoms with Gasteiger partial charge >= 0.3 is 0 Å². The Morgan fingerprint density at radius 1 is 0.514 bits per heavy atom. The molecule has 0 aliphatic carbocycles. The van der Waals surface area contributed by atoms with Crippen LogP contribution in [0.4, 0.5) is 0 Å². The maximum absolute atomic E-state index is 5.25. The van der Waals surface area contributed by atoms with Crippen LogP contribution in [0.1, 0.15) is 56.0 Å². The second-order valence-electron chi connectivity index (χ2n) is 10.1. The largest absolute Gasteiger partial charge is 0.256 e. The summed E-state index contributed by atoms with van der Waals surface area (Å²) in [6.45, 7) is 6.31. The van der Waals surface area contributed by atoms with Crippen molar-refractivity contribution in [1.82, 2.24) is 0 Å². The Labute approximate surface area is 216 Å². The van der Waals surface area contributed by atoms with Gasteiger partial charge in [0.25, 0.3) is 0 Å². The van der Waals surface area contributed by atoms with Crippen molar-refractivity contribution in [3.63, 3.8) is 0 Å². The molecule has 0 saturated carbocycles. The molecule has 4 aromatic rings. The second kappa shape index (κ2) is 8.31. The molecule has 0 N–H and O–H groups in total. The van der Waals surface area contributed by atoms with Gasteiger partial charge in [-0.3, -0.25) is 4.99 Å². The zero-order valence-corrected chi connectivity index (χ0v) is 21.1. The Morgan fingerprint density at radius 3 is 1.62 bits per heavy atom. The van der Waals surface area contributed by atoms with Crippen LogP contribution >= 0.6 is 0 Å². The van der Waals surface area contributed by atoms with E-state index in [-0.39, 0.29) is 12.1 Å². The monoisotopic (exact) mass is 478 g/mol. The van der Waals surface area contributed by atoms with Crippen LogP contribution in [-0.2, 0) is 0 Å². The highest BCUT2D eigenvalue weighted by molar-refractivity contribution is 6.27. The van der Waals surface area contributed by atoms with E-state index in [9.17, 15) is 0 Å². The van der Waals surface area contributed by atoms with E-state index in [0.717, 1.165) is 45.1 Å². The summed E-state index contributed by atoms with van der Waals surface area (Å²) >= 11 is 0. The van der Waals surface area contributed by atoms with Crippen LogP contribution in [0.3, 0.4) is 0 Å². The molecule has 0 amide bonds. The molecule has 3 aliphatic rings. The first-order valence-corrected chi connectivity index (χ1v) is 12.7. The van der Waals surface area contributed by atoms with Gasteiger partial charge in [-0.2, -0.15) is 0 Å². The smallest absolute Gasteiger partial charge is 0.158 e. The molecule has 0 saturated heterocycles. The lowest BCUT2D eigenvalue weighted by Crippen LogP contribution is -2.38. The highest BCUT2D eigenvalue weighted by Gasteiger charge is 2.42. The van der Waals surface area contributed by atoms with Crippen molar-refractivity contribution < 1.29 is 0 Å². The van der Waals surface area contributed by atoms with E-state index in [0.29, 0.717) is 5.84 Å². The molecular formula is C33H26N4. The average molecular weight is 479 g/mol. The number of nitrogens with zero attached hydrogens (tertiary/aromatic N) is 4. The van der Waals surface area contributed by atoms with Crippen LogP contribution < -0.4 is 0 Å². The minimum absolute atomic E-state index is 0.0937. The zero-order chi connectivity index (χ0) is 25.1. The molecule has 0 spiro atoms. The lowest BCUT2D eigenvalue weighted by atomic mass is 9.77. The number of hydrogen-bond acceptors (Lipinski definition) is 4. The van der Waals surface area contributed by atoms with Gasteiger partial charge in [0, 0.05) is 27.8 Å². The molecule has 4 aromatic carbocycles. The predicted molar refractivity (Wildman–Crippen MR) is 152 cm³/mol. The third kappa shape index (κ3) is 3.60. The molecule has 2 atom stereocenters. The average Bonchev–Trinajstić information content (AvgIpc) is 2.92. The summed E-state index contributed by atoms with van der Waals surface area (Å²) in [6.07, 6.45) is -0.308. The summed E-state index contributed by atoms with van der Waals surface area (Å²) in [6, 6.07) is 32.1. The van der Waals surface area contributed by atoms with Gasteiger partial charge in [0.15, 0.2) is 12.0 Å². The third-order valence-electron chi connectivity index (χ3n) is 7.43. The number of amidine groups is 2. The van der Waals surface area contributed by atoms with E-state index in [1.807, 2.05) is 0 Å². The Balaban J connectivity index is 1.49. The van der Waals surface area contributed by atoms with Crippen molar-refractivity contribution in [3.8, 4) is 0 Å². The maximum atomic E-state index is 5.25. The molecule has 37 heavy (non-hydrogen) atoms. The minimum atomic E-state index is -0.308. The van der Waals surface area contributed by atoms with Crippen molar-refractivity contribution in [2.24, 2.45) is 20.0 Å². The van der Waals surface area contributed by atoms with Gasteiger partial charge in [-0.25, -0.2) is 15.0 Å². The molecule has 0 radical (unpaired) electrons. The molecule has 7 rings (SSSR count). The van der Waals surface area contributed by atoms with Crippen molar-refractivity contribution >= 4 is 23.1 Å². The Kier molecular flexibility index (Phi) is 4.90. The van der Waals surface area contributed by atoms with E-state index < -0.39 is 0 Å². The quantitative estimate of drug-likeness (QED) is 0.319. The van der Waals surface area contributed by atoms with Crippen molar-refractivity contribution in [3.05, 3.63) is 141 Å². The molecule has 4 heteroatoms. The lowest BCUT2D eigenvalue weighted by Gasteiger charge is -2.36. The highest BCUT2D eigenvalue weighted by Crippen LogP contribution is 2.42. The minimum Gasteiger partial charge on any atom is -0.256 e. The fourth-order valence-electron chi connectivity index (χ4n) is 5.42. The molecule has 4 nitrogen and oxygen atoms in total. The van der Waals surface area contributed by atoms with Crippen LogP contribution in [0.25, 0.3) is 0 Å². The molecule has 0 fully saturated rings. The standard InChI is InChI=1S/C33H26N4/c1-19-7-13-22(14-8-19)29-25-5-4-6-26-27(25)28-32(34-29)36-31(24-17-11-21(3)12-18-24)37-33(28)35-30(26)23-15-9-20(2)10-16-23/h4-18,28,32H,1-3H3. The summed E-state index contributed by atoms with van der Waals surface area (Å²) in [5.41, 5.74) is 12.3. The zero-order valence-electron chi connectivity index (χ0n) is 21.1. The Hall–Kier alpha value is -4.44. The first kappa shape index (κ1) is 21.8. The van der Waals surface area contributed by atoms with E-state index in [4.69, 9.17) is 20.0 Å². The Morgan fingerprint density at radius 2 is 1.03 bits per heavy atom. The fourth-order valence-corrected chi connectivity index (χ4v) is 5.42. The lowest BCUT2D eigenvalue weighted by molar-refractivity contribution is 0.637. The van der Waals surface area contributed by atoms with E-state index in [1.165, 1.54) is 22.3 Å². The number of rotatable bonds is 3. The normalized spacial score (nSPS) is 19.3. The summed E-state index contributed by atoms with van der Waals surface area (Å²) in [7, 11) is 0. The summed E-state index contributed by atoms with van der Waals surface area (Å²) < 4.78 is 0. The maximum Gasteiger partial charge on any atom is 0.158 e. The van der Waals surface area contributed by atoms with Crippen LogP contribution in [0, 0.1) is 20.8 Å². The van der Waals surface area contributed by atoms with Crippen LogP contribution in [0.5, 0.6) is 0 Å². The van der Waals surface area contributed by atoms with Gasteiger partial charge in [-0.05, 0) is 26.3 Å². The van der Waals surface area contributed by atoms with Crippen LogP contribution in [-0.4, -0.2) is 29.3 Å². The summed E-state index contributed by atoms with van der Waals surface area (Å²) in [5, 5.41) is 0. The first-order valence-electron chi connectivity index (χ1n) is 12.7. The van der Waals surface area contributed by atoms with Gasteiger partial charge in [-0.1, -0.05) is 108 Å². The van der Waals surface area contributed by atoms with Crippen molar-refractivity contribution in [2.45, 2.75) is 32.9 Å². The van der Waals surface area contributed by atoms with Crippen LogP contribution in [0.15, 0.2) is 111 Å². The van der Waals surface area contributed by atoms with Crippen molar-refractivity contribution in [1.29, 1.82) is 0 Å². The van der Waals surface area contributed by atoms with Gasteiger partial charge in [-0.15, -0.1) is 0 Å². The van der Waals surface area contributed by atoms with Gasteiger partial charge in [0.2, 0.25) is 0 Å². The third-order valence-corrected chi connectivity index (χ3v) is 7.43. The van der Waals surface area contributed by atoms with E-state index in [2.05, 4.69) is 112 Å². The summed E-state index contributed by atoms with van der Waals surface area (Å²) in [5.74, 6) is 1.39. The van der Waals surface area contributed by atoms with Crippen molar-refractivity contribution in [2.75, 3.05) is 0 Å². The van der Waals surface area contributed by atoms with Gasteiger partial charge < -0.3 is 0 Å². The number of benzene rings is 4. The molecule has 0 bridgehead atoms.